The summed E-state index contributed by atoms with van der Waals surface area (Å²) in [6.07, 6.45) is 0. The summed E-state index contributed by atoms with van der Waals surface area (Å²) in [6, 6.07) is 155. The summed E-state index contributed by atoms with van der Waals surface area (Å²) in [5.74, 6) is 4.97. The van der Waals surface area contributed by atoms with Crippen molar-refractivity contribution in [2.24, 2.45) is 0 Å². The predicted molar refractivity (Wildman–Crippen MR) is 573 cm³/mol. The minimum atomic E-state index is 0.508. The first-order valence-electron chi connectivity index (χ1n) is 47.1. The molecule has 670 valence electrons. The van der Waals surface area contributed by atoms with Gasteiger partial charge in [-0.3, -0.25) is 0 Å². The van der Waals surface area contributed by atoms with Crippen molar-refractivity contribution in [3.05, 3.63) is 460 Å². The van der Waals surface area contributed by atoms with Gasteiger partial charge >= 0.3 is 0 Å². The molecule has 144 heavy (non-hydrogen) atoms. The number of benzene rings is 19. The highest BCUT2D eigenvalue weighted by molar-refractivity contribution is 6.25. The standard InChI is InChI=1S/C46H27N5O.2C40H23N5O/c47-28-29-10-9-15-34(26-29)46-49-44(31-13-5-2-6-14-31)48-45(50-46)32-18-21-35(22-19-32)51-40-25-20-33(30-11-3-1-4-12-30)27-39(40)37-23-24-38-36-16-7-8-17-41(36)52-43(38)42(37)51;41-24-25-9-8-12-28(23-25)40-43-38(26-10-2-1-3-11-26)42-39(44-40)27-17-19-29(20-18-27)45-34-15-6-4-13-30(34)32-21-22-33-31-14-5-7-16-35(31)46-37(33)36(32)45;41-24-25-14-16-27(17-15-25)39-42-38(26-8-2-1-3-9-26)43-40(44-39)28-18-20-29(21-19-28)45-34-12-6-4-10-30(34)32-22-23-33-31-11-5-7-13-35(31)46-37(33)36(32)45/h1-27H;2*1-23H. The molecule has 28 aromatic rings. The highest BCUT2D eigenvalue weighted by atomic mass is 16.3. The Hall–Kier alpha value is -20.5. The van der Waals surface area contributed by atoms with Gasteiger partial charge in [0.25, 0.3) is 0 Å². The molecule has 0 fully saturated rings. The number of fused-ring (bicyclic) bond motifs is 21. The maximum atomic E-state index is 9.56. The van der Waals surface area contributed by atoms with Gasteiger partial charge in [-0.05, 0) is 193 Å². The summed E-state index contributed by atoms with van der Waals surface area (Å²) in [5.41, 5.74) is 26.2. The minimum absolute atomic E-state index is 0.508. The highest BCUT2D eigenvalue weighted by Gasteiger charge is 2.27. The fraction of sp³-hybridized carbons (Fsp3) is 0. The quantitative estimate of drug-likeness (QED) is 0.104. The van der Waals surface area contributed by atoms with Crippen LogP contribution in [0.5, 0.6) is 0 Å². The number of aromatic nitrogens is 12. The molecule has 0 aliphatic heterocycles. The molecular formula is C126H73N15O3. The molecule has 0 atom stereocenters. The van der Waals surface area contributed by atoms with E-state index >= 15 is 0 Å². The van der Waals surface area contributed by atoms with E-state index in [1.165, 1.54) is 10.9 Å². The molecule has 0 aliphatic carbocycles. The molecule has 0 spiro atoms. The van der Waals surface area contributed by atoms with E-state index in [4.69, 9.17) is 58.1 Å². The van der Waals surface area contributed by atoms with E-state index in [9.17, 15) is 15.8 Å². The molecule has 0 aliphatic rings. The van der Waals surface area contributed by atoms with Crippen LogP contribution in [-0.2, 0) is 0 Å². The summed E-state index contributed by atoms with van der Waals surface area (Å²) in [5, 5.41) is 41.8. The molecule has 19 aromatic carbocycles. The number of nitrogens with zero attached hydrogens (tertiary/aromatic N) is 15. The molecule has 0 N–H and O–H groups in total. The van der Waals surface area contributed by atoms with Gasteiger partial charge in [0, 0.05) is 132 Å². The average molecular weight is 1850 g/mol. The van der Waals surface area contributed by atoms with Crippen LogP contribution >= 0.6 is 0 Å². The molecule has 9 aromatic heterocycles. The fourth-order valence-electron chi connectivity index (χ4n) is 19.8. The van der Waals surface area contributed by atoms with E-state index in [1.54, 1.807) is 36.4 Å². The van der Waals surface area contributed by atoms with E-state index in [2.05, 4.69) is 244 Å². The Bertz CT molecular complexity index is 10100. The summed E-state index contributed by atoms with van der Waals surface area (Å²) < 4.78 is 26.5. The van der Waals surface area contributed by atoms with Crippen molar-refractivity contribution in [2.75, 3.05) is 0 Å². The second kappa shape index (κ2) is 35.2. The molecule has 0 unspecified atom stereocenters. The Balaban J connectivity index is 0.000000110. The van der Waals surface area contributed by atoms with Crippen molar-refractivity contribution >= 4 is 131 Å². The number of para-hydroxylation sites is 5. The third kappa shape index (κ3) is 14.9. The first-order chi connectivity index (χ1) is 71.2. The van der Waals surface area contributed by atoms with Crippen LogP contribution in [-0.4, -0.2) is 58.6 Å². The third-order valence-electron chi connectivity index (χ3n) is 26.7. The van der Waals surface area contributed by atoms with Gasteiger partial charge in [-0.2, -0.15) is 15.8 Å². The lowest BCUT2D eigenvalue weighted by molar-refractivity contribution is 0.670. The Labute approximate surface area is 821 Å². The van der Waals surface area contributed by atoms with E-state index in [-0.39, 0.29) is 0 Å². The van der Waals surface area contributed by atoms with Crippen LogP contribution < -0.4 is 0 Å². The first-order valence-corrected chi connectivity index (χ1v) is 47.1. The zero-order chi connectivity index (χ0) is 95.8. The summed E-state index contributed by atoms with van der Waals surface area (Å²) in [7, 11) is 0. The molecule has 9 heterocycles. The Kier molecular flexibility index (Phi) is 20.6. The van der Waals surface area contributed by atoms with Gasteiger partial charge in [0.2, 0.25) is 0 Å². The van der Waals surface area contributed by atoms with Gasteiger partial charge in [0.15, 0.2) is 69.2 Å². The predicted octanol–water partition coefficient (Wildman–Crippen LogP) is 30.9. The second-order valence-electron chi connectivity index (χ2n) is 35.2. The average Bonchev–Trinajstić information content (AvgIpc) is 1.57. The van der Waals surface area contributed by atoms with Crippen LogP contribution in [0.1, 0.15) is 16.7 Å². The van der Waals surface area contributed by atoms with E-state index < -0.39 is 0 Å². The topological polar surface area (TPSA) is 242 Å². The van der Waals surface area contributed by atoms with Gasteiger partial charge in [-0.25, -0.2) is 44.9 Å². The Morgan fingerprint density at radius 3 is 0.750 bits per heavy atom. The van der Waals surface area contributed by atoms with Crippen LogP contribution in [0.25, 0.3) is 262 Å². The summed E-state index contributed by atoms with van der Waals surface area (Å²) >= 11 is 0. The van der Waals surface area contributed by atoms with Crippen molar-refractivity contribution in [3.8, 4) is 149 Å². The number of nitriles is 3. The lowest BCUT2D eigenvalue weighted by Crippen LogP contribution is -2.01. The molecule has 0 saturated heterocycles. The van der Waals surface area contributed by atoms with Crippen molar-refractivity contribution in [3.63, 3.8) is 0 Å². The largest absolute Gasteiger partial charge is 0.454 e. The molecule has 18 heteroatoms. The normalized spacial score (nSPS) is 11.5. The van der Waals surface area contributed by atoms with Gasteiger partial charge in [0.1, 0.15) is 16.7 Å². The summed E-state index contributed by atoms with van der Waals surface area (Å²) in [6.45, 7) is 0. The Morgan fingerprint density at radius 1 is 0.167 bits per heavy atom. The van der Waals surface area contributed by atoms with Crippen LogP contribution in [0.15, 0.2) is 456 Å². The molecule has 0 radical (unpaired) electrons. The van der Waals surface area contributed by atoms with E-state index in [0.29, 0.717) is 69.1 Å². The Morgan fingerprint density at radius 2 is 0.417 bits per heavy atom. The number of hydrogen-bond donors (Lipinski definition) is 0. The molecule has 0 amide bonds. The van der Waals surface area contributed by atoms with Crippen LogP contribution in [0.2, 0.25) is 0 Å². The van der Waals surface area contributed by atoms with Gasteiger partial charge in [-0.15, -0.1) is 0 Å². The zero-order valence-corrected chi connectivity index (χ0v) is 76.6. The molecule has 0 bridgehead atoms. The lowest BCUT2D eigenvalue weighted by atomic mass is 10.0. The molecule has 28 rings (SSSR count). The molecule has 0 saturated carbocycles. The first kappa shape index (κ1) is 84.0. The highest BCUT2D eigenvalue weighted by Crippen LogP contribution is 2.47. The minimum Gasteiger partial charge on any atom is -0.454 e. The molecular weight excluding hydrogens is 1770 g/mol. The van der Waals surface area contributed by atoms with E-state index in [0.717, 1.165) is 199 Å². The maximum absolute atomic E-state index is 9.56. The van der Waals surface area contributed by atoms with Gasteiger partial charge < -0.3 is 27.0 Å². The van der Waals surface area contributed by atoms with Crippen LogP contribution in [0.4, 0.5) is 0 Å². The van der Waals surface area contributed by atoms with Crippen molar-refractivity contribution in [1.29, 1.82) is 15.8 Å². The van der Waals surface area contributed by atoms with Crippen LogP contribution in [0, 0.1) is 34.0 Å². The zero-order valence-electron chi connectivity index (χ0n) is 76.6. The van der Waals surface area contributed by atoms with Crippen molar-refractivity contribution in [1.82, 2.24) is 58.6 Å². The molecule has 18 nitrogen and oxygen atoms in total. The third-order valence-corrected chi connectivity index (χ3v) is 26.7. The van der Waals surface area contributed by atoms with Crippen molar-refractivity contribution < 1.29 is 13.3 Å². The summed E-state index contributed by atoms with van der Waals surface area (Å²) in [4.78, 5) is 43.8. The smallest absolute Gasteiger partial charge is 0.164 e. The number of rotatable bonds is 13. The number of hydrogen-bond acceptors (Lipinski definition) is 15. The number of furan rings is 3. The van der Waals surface area contributed by atoms with Gasteiger partial charge in [0.05, 0.1) is 68.0 Å². The maximum Gasteiger partial charge on any atom is 0.164 e. The van der Waals surface area contributed by atoms with Crippen molar-refractivity contribution in [2.45, 2.75) is 0 Å². The second-order valence-corrected chi connectivity index (χ2v) is 35.2. The van der Waals surface area contributed by atoms with E-state index in [1.807, 2.05) is 194 Å². The van der Waals surface area contributed by atoms with Crippen LogP contribution in [0.3, 0.4) is 0 Å². The van der Waals surface area contributed by atoms with Gasteiger partial charge in [-0.1, -0.05) is 261 Å². The lowest BCUT2D eigenvalue weighted by Gasteiger charge is -2.11. The SMILES string of the molecule is N#Cc1ccc(-c2nc(-c3ccccc3)nc(-c3ccc(-n4c5ccccc5c5ccc6c7ccccc7oc6c54)cc3)n2)cc1.N#Cc1cccc(-c2nc(-c3ccccc3)nc(-c3ccc(-n4c5ccc(-c6ccccc6)cc5c5ccc6c7ccccc7oc6c54)cc3)n2)c1.N#Cc1cccc(-c2nc(-c3ccccc3)nc(-c3ccc(-n4c5ccccc5c5ccc6c7ccccc7oc6c54)cc3)n2)c1. The monoisotopic (exact) mass is 1840 g/mol. The fourth-order valence-corrected chi connectivity index (χ4v) is 19.8.